The van der Waals surface area contributed by atoms with Gasteiger partial charge < -0.3 is 15.5 Å². The molecular formula is C8H7N3O4. The standard InChI is InChI=1S/C8H7N3O4/c12-7(13)5(8(14)15)3-11-6-4-9-1-2-10-6/h1-4H,(H,10,11)(H,12,13)(H,14,15). The van der Waals surface area contributed by atoms with Crippen LogP contribution < -0.4 is 5.32 Å². The van der Waals surface area contributed by atoms with Gasteiger partial charge in [-0.25, -0.2) is 14.6 Å². The zero-order valence-electron chi connectivity index (χ0n) is 7.41. The first-order chi connectivity index (χ1) is 7.11. The highest BCUT2D eigenvalue weighted by molar-refractivity contribution is 6.12. The molecule has 1 aromatic rings. The molecular weight excluding hydrogens is 202 g/mol. The third-order valence-electron chi connectivity index (χ3n) is 1.39. The first kappa shape index (κ1) is 10.6. The van der Waals surface area contributed by atoms with Gasteiger partial charge in [-0.2, -0.15) is 0 Å². The van der Waals surface area contributed by atoms with E-state index in [2.05, 4.69) is 15.3 Å². The second kappa shape index (κ2) is 4.70. The first-order valence-electron chi connectivity index (χ1n) is 3.80. The number of carbonyl (C=O) groups is 2. The maximum absolute atomic E-state index is 10.4. The number of nitrogens with zero attached hydrogens (tertiary/aromatic N) is 2. The second-order valence-electron chi connectivity index (χ2n) is 2.40. The minimum atomic E-state index is -1.53. The molecule has 3 N–H and O–H groups in total. The fourth-order valence-electron chi connectivity index (χ4n) is 0.735. The van der Waals surface area contributed by atoms with Crippen molar-refractivity contribution in [3.8, 4) is 0 Å². The first-order valence-corrected chi connectivity index (χ1v) is 3.80. The normalized spacial score (nSPS) is 9.07. The molecule has 7 heteroatoms. The van der Waals surface area contributed by atoms with Gasteiger partial charge in [0.1, 0.15) is 5.82 Å². The molecule has 0 radical (unpaired) electrons. The average molecular weight is 209 g/mol. The Morgan fingerprint density at radius 3 is 2.40 bits per heavy atom. The summed E-state index contributed by atoms with van der Waals surface area (Å²) in [6, 6.07) is 0. The fraction of sp³-hybridized carbons (Fsp3) is 0. The van der Waals surface area contributed by atoms with E-state index in [0.29, 0.717) is 0 Å². The number of aromatic nitrogens is 2. The van der Waals surface area contributed by atoms with Crippen LogP contribution in [-0.4, -0.2) is 32.1 Å². The van der Waals surface area contributed by atoms with E-state index in [1.807, 2.05) is 0 Å². The Labute approximate surface area is 84.1 Å². The van der Waals surface area contributed by atoms with E-state index in [4.69, 9.17) is 10.2 Å². The molecule has 0 aliphatic heterocycles. The Balaban J connectivity index is 2.79. The summed E-state index contributed by atoms with van der Waals surface area (Å²) in [4.78, 5) is 28.3. The minimum Gasteiger partial charge on any atom is -0.477 e. The lowest BCUT2D eigenvalue weighted by Crippen LogP contribution is -2.13. The number of hydrogen-bond donors (Lipinski definition) is 3. The number of hydrogen-bond acceptors (Lipinski definition) is 5. The van der Waals surface area contributed by atoms with Crippen LogP contribution in [0.2, 0.25) is 0 Å². The van der Waals surface area contributed by atoms with Crippen molar-refractivity contribution >= 4 is 17.8 Å². The van der Waals surface area contributed by atoms with Gasteiger partial charge in [0.2, 0.25) is 0 Å². The van der Waals surface area contributed by atoms with Gasteiger partial charge in [0.25, 0.3) is 0 Å². The van der Waals surface area contributed by atoms with Crippen molar-refractivity contribution in [2.24, 2.45) is 0 Å². The van der Waals surface area contributed by atoms with Crippen molar-refractivity contribution in [2.75, 3.05) is 5.32 Å². The summed E-state index contributed by atoms with van der Waals surface area (Å²) in [6.07, 6.45) is 4.99. The van der Waals surface area contributed by atoms with Crippen LogP contribution in [0.1, 0.15) is 0 Å². The quantitative estimate of drug-likeness (QED) is 0.361. The molecule has 15 heavy (non-hydrogen) atoms. The molecule has 1 aromatic heterocycles. The summed E-state index contributed by atoms with van der Waals surface area (Å²) in [7, 11) is 0. The number of anilines is 1. The molecule has 0 spiro atoms. The maximum Gasteiger partial charge on any atom is 0.344 e. The van der Waals surface area contributed by atoms with E-state index in [-0.39, 0.29) is 5.82 Å². The summed E-state index contributed by atoms with van der Waals surface area (Å²) in [5.41, 5.74) is -0.777. The van der Waals surface area contributed by atoms with Gasteiger partial charge in [-0.05, 0) is 0 Å². The van der Waals surface area contributed by atoms with Gasteiger partial charge in [0.15, 0.2) is 5.57 Å². The summed E-state index contributed by atoms with van der Waals surface area (Å²) in [6.45, 7) is 0. The summed E-state index contributed by atoms with van der Waals surface area (Å²) < 4.78 is 0. The van der Waals surface area contributed by atoms with Crippen LogP contribution in [0.5, 0.6) is 0 Å². The average Bonchev–Trinajstić information content (AvgIpc) is 2.18. The van der Waals surface area contributed by atoms with Gasteiger partial charge in [-0.1, -0.05) is 0 Å². The fourth-order valence-corrected chi connectivity index (χ4v) is 0.735. The van der Waals surface area contributed by atoms with Gasteiger partial charge in [0, 0.05) is 18.6 Å². The molecule has 0 amide bonds. The highest BCUT2D eigenvalue weighted by Crippen LogP contribution is 2.00. The lowest BCUT2D eigenvalue weighted by molar-refractivity contribution is -0.140. The van der Waals surface area contributed by atoms with Crippen LogP contribution >= 0.6 is 0 Å². The minimum absolute atomic E-state index is 0.262. The predicted molar refractivity (Wildman–Crippen MR) is 49.0 cm³/mol. The number of carboxylic acid groups (broad SMARTS) is 2. The van der Waals surface area contributed by atoms with Crippen LogP contribution in [0, 0.1) is 0 Å². The van der Waals surface area contributed by atoms with E-state index < -0.39 is 17.5 Å². The van der Waals surface area contributed by atoms with Crippen molar-refractivity contribution in [1.82, 2.24) is 9.97 Å². The van der Waals surface area contributed by atoms with Crippen LogP contribution in [0.15, 0.2) is 30.4 Å². The number of rotatable bonds is 4. The van der Waals surface area contributed by atoms with Crippen LogP contribution in [-0.2, 0) is 9.59 Å². The Morgan fingerprint density at radius 1 is 1.27 bits per heavy atom. The molecule has 0 saturated heterocycles. The van der Waals surface area contributed by atoms with E-state index in [1.165, 1.54) is 18.6 Å². The molecule has 1 heterocycles. The Bertz CT molecular complexity index is 386. The Morgan fingerprint density at radius 2 is 1.93 bits per heavy atom. The monoisotopic (exact) mass is 209 g/mol. The molecule has 0 aliphatic carbocycles. The van der Waals surface area contributed by atoms with E-state index >= 15 is 0 Å². The molecule has 0 saturated carbocycles. The zero-order valence-corrected chi connectivity index (χ0v) is 7.41. The maximum atomic E-state index is 10.4. The van der Waals surface area contributed by atoms with Crippen molar-refractivity contribution in [2.45, 2.75) is 0 Å². The molecule has 0 bridgehead atoms. The van der Waals surface area contributed by atoms with Crippen molar-refractivity contribution in [3.63, 3.8) is 0 Å². The zero-order chi connectivity index (χ0) is 11.3. The molecule has 0 fully saturated rings. The van der Waals surface area contributed by atoms with Crippen molar-refractivity contribution in [1.29, 1.82) is 0 Å². The highest BCUT2D eigenvalue weighted by atomic mass is 16.4. The predicted octanol–water partition coefficient (Wildman–Crippen LogP) is -0.0584. The van der Waals surface area contributed by atoms with Crippen LogP contribution in [0.4, 0.5) is 5.82 Å². The van der Waals surface area contributed by atoms with Crippen LogP contribution in [0.25, 0.3) is 0 Å². The molecule has 0 aromatic carbocycles. The molecule has 0 atom stereocenters. The molecule has 0 aliphatic rings. The topological polar surface area (TPSA) is 112 Å². The third-order valence-corrected chi connectivity index (χ3v) is 1.39. The molecule has 78 valence electrons. The number of carboxylic acids is 2. The Kier molecular flexibility index (Phi) is 3.33. The lowest BCUT2D eigenvalue weighted by atomic mass is 10.3. The number of nitrogens with one attached hydrogen (secondary N) is 1. The van der Waals surface area contributed by atoms with Gasteiger partial charge >= 0.3 is 11.9 Å². The summed E-state index contributed by atoms with van der Waals surface area (Å²) in [5.74, 6) is -2.80. The smallest absolute Gasteiger partial charge is 0.344 e. The Hall–Kier alpha value is -2.44. The highest BCUT2D eigenvalue weighted by Gasteiger charge is 2.15. The molecule has 0 unspecified atom stereocenters. The van der Waals surface area contributed by atoms with Gasteiger partial charge in [-0.3, -0.25) is 4.98 Å². The number of aliphatic carboxylic acids is 2. The molecule has 1 rings (SSSR count). The third kappa shape index (κ3) is 3.07. The van der Waals surface area contributed by atoms with E-state index in [1.54, 1.807) is 0 Å². The SMILES string of the molecule is O=C(O)C(=CNc1cnccn1)C(=O)O. The van der Waals surface area contributed by atoms with Gasteiger partial charge in [-0.15, -0.1) is 0 Å². The summed E-state index contributed by atoms with van der Waals surface area (Å²) in [5, 5.41) is 19.4. The van der Waals surface area contributed by atoms with Crippen LogP contribution in [0.3, 0.4) is 0 Å². The van der Waals surface area contributed by atoms with Crippen molar-refractivity contribution in [3.05, 3.63) is 30.4 Å². The second-order valence-corrected chi connectivity index (χ2v) is 2.40. The van der Waals surface area contributed by atoms with Gasteiger partial charge in [0.05, 0.1) is 6.20 Å². The largest absolute Gasteiger partial charge is 0.477 e. The van der Waals surface area contributed by atoms with E-state index in [0.717, 1.165) is 6.20 Å². The van der Waals surface area contributed by atoms with Crippen molar-refractivity contribution < 1.29 is 19.8 Å². The lowest BCUT2D eigenvalue weighted by Gasteiger charge is -1.99. The summed E-state index contributed by atoms with van der Waals surface area (Å²) >= 11 is 0. The van der Waals surface area contributed by atoms with E-state index in [9.17, 15) is 9.59 Å². The molecule has 7 nitrogen and oxygen atoms in total.